The second kappa shape index (κ2) is 8.43. The molecule has 0 spiro atoms. The van der Waals surface area contributed by atoms with Gasteiger partial charge in [-0.1, -0.05) is 20.8 Å². The van der Waals surface area contributed by atoms with Crippen LogP contribution in [0.25, 0.3) is 0 Å². The Morgan fingerprint density at radius 1 is 1.33 bits per heavy atom. The summed E-state index contributed by atoms with van der Waals surface area (Å²) in [6.07, 6.45) is 3.97. The van der Waals surface area contributed by atoms with Crippen LogP contribution in [0.4, 0.5) is 0 Å². The van der Waals surface area contributed by atoms with Gasteiger partial charge in [0.2, 0.25) is 0 Å². The van der Waals surface area contributed by atoms with Crippen molar-refractivity contribution < 1.29 is 5.11 Å². The molecule has 0 saturated heterocycles. The van der Waals surface area contributed by atoms with Gasteiger partial charge in [0.05, 0.1) is 5.60 Å². The van der Waals surface area contributed by atoms with Gasteiger partial charge in [0, 0.05) is 6.54 Å². The van der Waals surface area contributed by atoms with Gasteiger partial charge in [0.25, 0.3) is 0 Å². The van der Waals surface area contributed by atoms with Gasteiger partial charge >= 0.3 is 0 Å². The maximum absolute atomic E-state index is 9.94. The van der Waals surface area contributed by atoms with E-state index < -0.39 is 5.60 Å². The Morgan fingerprint density at radius 2 is 2.00 bits per heavy atom. The number of thioether (sulfide) groups is 1. The lowest BCUT2D eigenvalue weighted by atomic mass is 9.95. The average molecular weight is 233 g/mol. The molecule has 0 saturated carbocycles. The molecule has 0 radical (unpaired) electrons. The molecule has 0 aromatic rings. The number of rotatable bonds is 9. The molecule has 1 unspecified atom stereocenters. The molecule has 0 heterocycles. The lowest BCUT2D eigenvalue weighted by molar-refractivity contribution is 0.0360. The number of hydrogen-bond donors (Lipinski definition) is 2. The van der Waals surface area contributed by atoms with Gasteiger partial charge in [-0.25, -0.2) is 0 Å². The van der Waals surface area contributed by atoms with E-state index >= 15 is 0 Å². The van der Waals surface area contributed by atoms with E-state index in [2.05, 4.69) is 13.8 Å². The maximum Gasteiger partial charge on any atom is 0.0767 e. The normalized spacial score (nSPS) is 15.6. The second-order valence-corrected chi connectivity index (χ2v) is 5.91. The zero-order valence-electron chi connectivity index (χ0n) is 10.5. The van der Waals surface area contributed by atoms with Crippen LogP contribution in [0.3, 0.4) is 0 Å². The molecule has 0 bridgehead atoms. The summed E-state index contributed by atoms with van der Waals surface area (Å²) in [4.78, 5) is 0. The summed E-state index contributed by atoms with van der Waals surface area (Å²) < 4.78 is 0. The molecule has 15 heavy (non-hydrogen) atoms. The minimum absolute atomic E-state index is 0.389. The molecular formula is C12H27NOS. The SMILES string of the molecule is CCC(O)(CN)CCCSCCC(C)C. The van der Waals surface area contributed by atoms with Gasteiger partial charge in [0.1, 0.15) is 0 Å². The Balaban J connectivity index is 3.37. The number of hydrogen-bond acceptors (Lipinski definition) is 3. The van der Waals surface area contributed by atoms with Gasteiger partial charge in [-0.3, -0.25) is 0 Å². The summed E-state index contributed by atoms with van der Waals surface area (Å²) in [6.45, 7) is 6.90. The van der Waals surface area contributed by atoms with Crippen molar-refractivity contribution in [2.45, 2.75) is 52.1 Å². The van der Waals surface area contributed by atoms with Crippen molar-refractivity contribution in [3.63, 3.8) is 0 Å². The van der Waals surface area contributed by atoms with E-state index in [0.717, 1.165) is 30.9 Å². The predicted molar refractivity (Wildman–Crippen MR) is 70.3 cm³/mol. The van der Waals surface area contributed by atoms with Crippen LogP contribution in [0.2, 0.25) is 0 Å². The number of aliphatic hydroxyl groups is 1. The monoisotopic (exact) mass is 233 g/mol. The Bertz CT molecular complexity index is 147. The van der Waals surface area contributed by atoms with E-state index in [0.29, 0.717) is 6.54 Å². The van der Waals surface area contributed by atoms with Gasteiger partial charge in [-0.05, 0) is 43.1 Å². The first-order chi connectivity index (χ1) is 7.04. The fourth-order valence-corrected chi connectivity index (χ4v) is 2.54. The van der Waals surface area contributed by atoms with Crippen molar-refractivity contribution in [2.75, 3.05) is 18.1 Å². The standard InChI is InChI=1S/C12H27NOS/c1-4-12(14,10-13)7-5-8-15-9-6-11(2)3/h11,14H,4-10,13H2,1-3H3. The molecule has 0 amide bonds. The summed E-state index contributed by atoms with van der Waals surface area (Å²) in [5.74, 6) is 3.19. The summed E-state index contributed by atoms with van der Waals surface area (Å²) in [7, 11) is 0. The molecule has 2 nitrogen and oxygen atoms in total. The summed E-state index contributed by atoms with van der Waals surface area (Å²) in [5, 5.41) is 9.94. The van der Waals surface area contributed by atoms with Crippen LogP contribution in [0.5, 0.6) is 0 Å². The molecule has 92 valence electrons. The fourth-order valence-electron chi connectivity index (χ4n) is 1.35. The molecule has 0 aromatic carbocycles. The van der Waals surface area contributed by atoms with Crippen LogP contribution in [0, 0.1) is 5.92 Å². The second-order valence-electron chi connectivity index (χ2n) is 4.68. The molecule has 0 aliphatic rings. The van der Waals surface area contributed by atoms with Crippen molar-refractivity contribution in [3.05, 3.63) is 0 Å². The highest BCUT2D eigenvalue weighted by molar-refractivity contribution is 7.99. The van der Waals surface area contributed by atoms with Gasteiger partial charge in [-0.2, -0.15) is 11.8 Å². The van der Waals surface area contributed by atoms with Crippen molar-refractivity contribution in [1.82, 2.24) is 0 Å². The largest absolute Gasteiger partial charge is 0.389 e. The number of nitrogens with two attached hydrogens (primary N) is 1. The molecule has 3 N–H and O–H groups in total. The lowest BCUT2D eigenvalue weighted by Crippen LogP contribution is -2.36. The Hall–Kier alpha value is 0.270. The van der Waals surface area contributed by atoms with Crippen LogP contribution < -0.4 is 5.73 Å². The quantitative estimate of drug-likeness (QED) is 0.602. The highest BCUT2D eigenvalue weighted by atomic mass is 32.2. The first-order valence-electron chi connectivity index (χ1n) is 6.04. The van der Waals surface area contributed by atoms with E-state index in [1.165, 1.54) is 12.2 Å². The molecule has 3 heteroatoms. The summed E-state index contributed by atoms with van der Waals surface area (Å²) >= 11 is 1.99. The lowest BCUT2D eigenvalue weighted by Gasteiger charge is -2.24. The summed E-state index contributed by atoms with van der Waals surface area (Å²) in [5.41, 5.74) is 4.93. The van der Waals surface area contributed by atoms with Gasteiger partial charge in [-0.15, -0.1) is 0 Å². The molecule has 0 aliphatic heterocycles. The third-order valence-electron chi connectivity index (χ3n) is 2.81. The van der Waals surface area contributed by atoms with E-state index in [9.17, 15) is 5.11 Å². The van der Waals surface area contributed by atoms with Crippen molar-refractivity contribution in [2.24, 2.45) is 11.7 Å². The highest BCUT2D eigenvalue weighted by Gasteiger charge is 2.21. The molecule has 0 fully saturated rings. The van der Waals surface area contributed by atoms with Gasteiger partial charge < -0.3 is 10.8 Å². The first-order valence-corrected chi connectivity index (χ1v) is 7.19. The first kappa shape index (κ1) is 15.3. The van der Waals surface area contributed by atoms with Crippen molar-refractivity contribution in [3.8, 4) is 0 Å². The average Bonchev–Trinajstić information content (AvgIpc) is 2.22. The topological polar surface area (TPSA) is 46.2 Å². The zero-order valence-corrected chi connectivity index (χ0v) is 11.3. The van der Waals surface area contributed by atoms with Crippen LogP contribution in [0.1, 0.15) is 46.5 Å². The minimum atomic E-state index is -0.612. The zero-order chi connectivity index (χ0) is 11.7. The van der Waals surface area contributed by atoms with Gasteiger partial charge in [0.15, 0.2) is 0 Å². The maximum atomic E-state index is 9.94. The van der Waals surface area contributed by atoms with E-state index in [-0.39, 0.29) is 0 Å². The minimum Gasteiger partial charge on any atom is -0.389 e. The fraction of sp³-hybridized carbons (Fsp3) is 1.00. The Labute approximate surface area is 99.0 Å². The molecule has 0 aliphatic carbocycles. The van der Waals surface area contributed by atoms with Crippen LogP contribution >= 0.6 is 11.8 Å². The van der Waals surface area contributed by atoms with E-state index in [1.807, 2.05) is 18.7 Å². The van der Waals surface area contributed by atoms with Crippen molar-refractivity contribution >= 4 is 11.8 Å². The smallest absolute Gasteiger partial charge is 0.0767 e. The Morgan fingerprint density at radius 3 is 2.47 bits per heavy atom. The highest BCUT2D eigenvalue weighted by Crippen LogP contribution is 2.18. The predicted octanol–water partition coefficient (Wildman–Crippen LogP) is 2.65. The molecule has 1 atom stereocenters. The third-order valence-corrected chi connectivity index (χ3v) is 3.91. The van der Waals surface area contributed by atoms with Crippen LogP contribution in [-0.4, -0.2) is 28.8 Å². The molecular weight excluding hydrogens is 206 g/mol. The Kier molecular flexibility index (Phi) is 8.58. The summed E-state index contributed by atoms with van der Waals surface area (Å²) in [6, 6.07) is 0. The van der Waals surface area contributed by atoms with Crippen molar-refractivity contribution in [1.29, 1.82) is 0 Å². The third kappa shape index (κ3) is 8.12. The molecule has 0 aromatic heterocycles. The van der Waals surface area contributed by atoms with E-state index in [4.69, 9.17) is 5.73 Å². The van der Waals surface area contributed by atoms with E-state index in [1.54, 1.807) is 0 Å². The van der Waals surface area contributed by atoms with Crippen LogP contribution in [0.15, 0.2) is 0 Å². The molecule has 0 rings (SSSR count). The van der Waals surface area contributed by atoms with Crippen LogP contribution in [-0.2, 0) is 0 Å².